The normalized spacial score (nSPS) is 18.0. The molecule has 110 valence electrons. The first-order valence-corrected chi connectivity index (χ1v) is 7.29. The van der Waals surface area contributed by atoms with Gasteiger partial charge in [-0.25, -0.2) is 0 Å². The van der Waals surface area contributed by atoms with Crippen molar-refractivity contribution in [1.29, 1.82) is 0 Å². The number of hydrogen-bond acceptors (Lipinski definition) is 3. The number of carbonyl (C=O) groups excluding carboxylic acids is 1. The third-order valence-electron chi connectivity index (χ3n) is 3.37. The van der Waals surface area contributed by atoms with Crippen molar-refractivity contribution in [1.82, 2.24) is 15.1 Å². The Labute approximate surface area is 131 Å². The molecule has 2 aromatic rings. The highest BCUT2D eigenvalue weighted by atomic mass is 35.5. The highest BCUT2D eigenvalue weighted by Crippen LogP contribution is 2.28. The molecular formula is C14H13Cl2N3O2. The summed E-state index contributed by atoms with van der Waals surface area (Å²) in [6, 6.07) is 5.15. The molecule has 2 heterocycles. The quantitative estimate of drug-likeness (QED) is 0.943. The van der Waals surface area contributed by atoms with Gasteiger partial charge in [-0.1, -0.05) is 23.2 Å². The summed E-state index contributed by atoms with van der Waals surface area (Å²) >= 11 is 11.8. The first-order valence-electron chi connectivity index (χ1n) is 6.53. The fourth-order valence-corrected chi connectivity index (χ4v) is 2.59. The number of likely N-dealkylation sites (tertiary alicyclic amines) is 1. The summed E-state index contributed by atoms with van der Waals surface area (Å²) in [6.07, 6.45) is 3.85. The third-order valence-corrected chi connectivity index (χ3v) is 4.11. The van der Waals surface area contributed by atoms with Crippen LogP contribution in [0, 0.1) is 0 Å². The highest BCUT2D eigenvalue weighted by Gasteiger charge is 2.28. The van der Waals surface area contributed by atoms with Crippen LogP contribution in [-0.2, 0) is 0 Å². The Morgan fingerprint density at radius 3 is 2.95 bits per heavy atom. The standard InChI is InChI=1S/C14H13Cl2N3O2/c15-12-2-1-10(5-13(12)16)21-11-3-4-19(8-11)14(20)9-6-17-18-7-9/h1-2,5-7,11H,3-4,8H2,(H,17,18). The first kappa shape index (κ1) is 14.2. The van der Waals surface area contributed by atoms with Gasteiger partial charge in [0.15, 0.2) is 0 Å². The van der Waals surface area contributed by atoms with E-state index < -0.39 is 0 Å². The number of hydrogen-bond donors (Lipinski definition) is 1. The van der Waals surface area contributed by atoms with Crippen molar-refractivity contribution in [3.05, 3.63) is 46.2 Å². The van der Waals surface area contributed by atoms with E-state index in [9.17, 15) is 4.79 Å². The Morgan fingerprint density at radius 1 is 1.38 bits per heavy atom. The number of carbonyl (C=O) groups is 1. The number of amides is 1. The van der Waals surface area contributed by atoms with E-state index in [1.807, 2.05) is 0 Å². The zero-order chi connectivity index (χ0) is 14.8. The average Bonchev–Trinajstić information content (AvgIpc) is 3.13. The van der Waals surface area contributed by atoms with Gasteiger partial charge in [-0.3, -0.25) is 9.89 Å². The molecule has 1 aliphatic heterocycles. The number of nitrogens with one attached hydrogen (secondary N) is 1. The van der Waals surface area contributed by atoms with Crippen LogP contribution in [0.25, 0.3) is 0 Å². The smallest absolute Gasteiger partial charge is 0.257 e. The highest BCUT2D eigenvalue weighted by molar-refractivity contribution is 6.42. The van der Waals surface area contributed by atoms with Crippen molar-refractivity contribution < 1.29 is 9.53 Å². The van der Waals surface area contributed by atoms with Gasteiger partial charge in [0.25, 0.3) is 5.91 Å². The van der Waals surface area contributed by atoms with Gasteiger partial charge in [-0.05, 0) is 12.1 Å². The number of nitrogens with zero attached hydrogens (tertiary/aromatic N) is 2. The van der Waals surface area contributed by atoms with E-state index in [-0.39, 0.29) is 12.0 Å². The number of ether oxygens (including phenoxy) is 1. The summed E-state index contributed by atoms with van der Waals surface area (Å²) in [4.78, 5) is 13.9. The Kier molecular flexibility index (Phi) is 4.03. The molecule has 1 fully saturated rings. The molecule has 7 heteroatoms. The predicted octanol–water partition coefficient (Wildman–Crippen LogP) is 3.01. The summed E-state index contributed by atoms with van der Waals surface area (Å²) in [5.74, 6) is 0.621. The predicted molar refractivity (Wildman–Crippen MR) is 80.0 cm³/mol. The summed E-state index contributed by atoms with van der Waals surface area (Å²) in [5, 5.41) is 7.38. The van der Waals surface area contributed by atoms with Gasteiger partial charge in [0.2, 0.25) is 0 Å². The monoisotopic (exact) mass is 325 g/mol. The van der Waals surface area contributed by atoms with Gasteiger partial charge in [0.1, 0.15) is 11.9 Å². The molecule has 1 aliphatic rings. The van der Waals surface area contributed by atoms with Crippen LogP contribution in [0.2, 0.25) is 10.0 Å². The second kappa shape index (κ2) is 5.95. The zero-order valence-corrected chi connectivity index (χ0v) is 12.6. The van der Waals surface area contributed by atoms with E-state index in [0.29, 0.717) is 34.4 Å². The second-order valence-corrected chi connectivity index (χ2v) is 5.66. The summed E-state index contributed by atoms with van der Waals surface area (Å²) in [5.41, 5.74) is 0.560. The summed E-state index contributed by atoms with van der Waals surface area (Å²) in [6.45, 7) is 1.21. The number of aromatic amines is 1. The Morgan fingerprint density at radius 2 is 2.24 bits per heavy atom. The molecule has 3 rings (SSSR count). The molecule has 21 heavy (non-hydrogen) atoms. The van der Waals surface area contributed by atoms with Gasteiger partial charge in [-0.15, -0.1) is 0 Å². The number of halogens is 2. The van der Waals surface area contributed by atoms with E-state index in [1.165, 1.54) is 6.20 Å². The van der Waals surface area contributed by atoms with Crippen LogP contribution in [0.4, 0.5) is 0 Å². The maximum atomic E-state index is 12.2. The lowest BCUT2D eigenvalue weighted by atomic mass is 10.3. The SMILES string of the molecule is O=C(c1cn[nH]c1)N1CCC(Oc2ccc(Cl)c(Cl)c2)C1. The molecule has 5 nitrogen and oxygen atoms in total. The molecule has 1 atom stereocenters. The average molecular weight is 326 g/mol. The van der Waals surface area contributed by atoms with E-state index in [0.717, 1.165) is 6.42 Å². The van der Waals surface area contributed by atoms with Gasteiger partial charge in [0, 0.05) is 25.2 Å². The topological polar surface area (TPSA) is 58.2 Å². The minimum absolute atomic E-state index is 0.0380. The van der Waals surface area contributed by atoms with Crippen molar-refractivity contribution >= 4 is 29.1 Å². The van der Waals surface area contributed by atoms with E-state index in [4.69, 9.17) is 27.9 Å². The first-order chi connectivity index (χ1) is 10.1. The fraction of sp³-hybridized carbons (Fsp3) is 0.286. The third kappa shape index (κ3) is 3.14. The van der Waals surface area contributed by atoms with Crippen LogP contribution in [0.15, 0.2) is 30.6 Å². The van der Waals surface area contributed by atoms with Gasteiger partial charge < -0.3 is 9.64 Å². The number of H-pyrrole nitrogens is 1. The van der Waals surface area contributed by atoms with Crippen molar-refractivity contribution in [3.8, 4) is 5.75 Å². The molecule has 0 bridgehead atoms. The Bertz CT molecular complexity index is 646. The molecule has 0 spiro atoms. The molecule has 1 amide bonds. The van der Waals surface area contributed by atoms with Crippen LogP contribution in [0.1, 0.15) is 16.8 Å². The Hall–Kier alpha value is -1.72. The fourth-order valence-electron chi connectivity index (χ4n) is 2.30. The largest absolute Gasteiger partial charge is 0.488 e. The van der Waals surface area contributed by atoms with Gasteiger partial charge >= 0.3 is 0 Å². The molecule has 1 aromatic heterocycles. The van der Waals surface area contributed by atoms with E-state index in [1.54, 1.807) is 29.3 Å². The maximum Gasteiger partial charge on any atom is 0.257 e. The van der Waals surface area contributed by atoms with Gasteiger partial charge in [0.05, 0.1) is 28.4 Å². The number of aromatic nitrogens is 2. The van der Waals surface area contributed by atoms with Crippen molar-refractivity contribution in [3.63, 3.8) is 0 Å². The van der Waals surface area contributed by atoms with E-state index in [2.05, 4.69) is 10.2 Å². The molecule has 0 saturated carbocycles. The summed E-state index contributed by atoms with van der Waals surface area (Å²) in [7, 11) is 0. The maximum absolute atomic E-state index is 12.2. The van der Waals surface area contributed by atoms with Crippen LogP contribution >= 0.6 is 23.2 Å². The van der Waals surface area contributed by atoms with Crippen molar-refractivity contribution in [2.45, 2.75) is 12.5 Å². The zero-order valence-electron chi connectivity index (χ0n) is 11.1. The molecular weight excluding hydrogens is 313 g/mol. The van der Waals surface area contributed by atoms with Gasteiger partial charge in [-0.2, -0.15) is 5.10 Å². The minimum atomic E-state index is -0.0434. The minimum Gasteiger partial charge on any atom is -0.488 e. The molecule has 1 aromatic carbocycles. The van der Waals surface area contributed by atoms with Crippen LogP contribution in [0.5, 0.6) is 5.75 Å². The van der Waals surface area contributed by atoms with Crippen LogP contribution in [-0.4, -0.2) is 40.2 Å². The van der Waals surface area contributed by atoms with Crippen LogP contribution in [0.3, 0.4) is 0 Å². The van der Waals surface area contributed by atoms with Crippen LogP contribution < -0.4 is 4.74 Å². The lowest BCUT2D eigenvalue weighted by Gasteiger charge is -2.16. The molecule has 1 N–H and O–H groups in total. The number of benzene rings is 1. The molecule has 1 saturated heterocycles. The Balaban J connectivity index is 1.62. The number of rotatable bonds is 3. The lowest BCUT2D eigenvalue weighted by Crippen LogP contribution is -2.30. The lowest BCUT2D eigenvalue weighted by molar-refractivity contribution is 0.0772. The van der Waals surface area contributed by atoms with Crippen molar-refractivity contribution in [2.75, 3.05) is 13.1 Å². The molecule has 0 aliphatic carbocycles. The summed E-state index contributed by atoms with van der Waals surface area (Å²) < 4.78 is 5.85. The molecule has 0 radical (unpaired) electrons. The van der Waals surface area contributed by atoms with E-state index >= 15 is 0 Å². The van der Waals surface area contributed by atoms with Crippen molar-refractivity contribution in [2.24, 2.45) is 0 Å². The second-order valence-electron chi connectivity index (χ2n) is 4.84. The molecule has 1 unspecified atom stereocenters.